The minimum absolute atomic E-state index is 0.402. The van der Waals surface area contributed by atoms with Crippen molar-refractivity contribution < 1.29 is 24.1 Å². The van der Waals surface area contributed by atoms with Crippen LogP contribution < -0.4 is 9.47 Å². The number of carboxylic acid groups (broad SMARTS) is 1. The Morgan fingerprint density at radius 1 is 1.19 bits per heavy atom. The van der Waals surface area contributed by atoms with Crippen LogP contribution in [0, 0.1) is 0 Å². The molecule has 0 atom stereocenters. The van der Waals surface area contributed by atoms with Crippen molar-refractivity contribution in [3.63, 3.8) is 0 Å². The zero-order chi connectivity index (χ0) is 15.5. The number of hydrogen-bond donors (Lipinski definition) is 1. The van der Waals surface area contributed by atoms with Crippen LogP contribution in [0.15, 0.2) is 24.3 Å². The standard InChI is InChI=1S/C16H22O5/c1-3-9-20-14-7-5-13(6-8-16(17)18)15(12-14)21-11-10-19-4-2/h5-8,12H,3-4,9-11H2,1-2H3,(H,17,18)/b8-6+. The Morgan fingerprint density at radius 2 is 2.00 bits per heavy atom. The summed E-state index contributed by atoms with van der Waals surface area (Å²) in [5.41, 5.74) is 0.692. The molecule has 0 aliphatic carbocycles. The molecule has 0 bridgehead atoms. The molecule has 0 fully saturated rings. The van der Waals surface area contributed by atoms with Crippen molar-refractivity contribution in [3.8, 4) is 11.5 Å². The largest absolute Gasteiger partial charge is 0.493 e. The van der Waals surface area contributed by atoms with E-state index in [4.69, 9.17) is 19.3 Å². The summed E-state index contributed by atoms with van der Waals surface area (Å²) in [5.74, 6) is 0.290. The fourth-order valence-corrected chi connectivity index (χ4v) is 1.60. The van der Waals surface area contributed by atoms with E-state index in [1.807, 2.05) is 13.8 Å². The Morgan fingerprint density at radius 3 is 2.67 bits per heavy atom. The van der Waals surface area contributed by atoms with Gasteiger partial charge in [0.25, 0.3) is 0 Å². The lowest BCUT2D eigenvalue weighted by Gasteiger charge is -2.12. The number of carbonyl (C=O) groups is 1. The normalized spacial score (nSPS) is 10.8. The Hall–Kier alpha value is -2.01. The minimum atomic E-state index is -0.999. The molecule has 0 radical (unpaired) electrons. The lowest BCUT2D eigenvalue weighted by molar-refractivity contribution is -0.131. The number of ether oxygens (including phenoxy) is 3. The average Bonchev–Trinajstić information content (AvgIpc) is 2.48. The second-order valence-corrected chi connectivity index (χ2v) is 4.27. The van der Waals surface area contributed by atoms with Crippen molar-refractivity contribution in [3.05, 3.63) is 29.8 Å². The highest BCUT2D eigenvalue weighted by Gasteiger charge is 2.05. The molecular weight excluding hydrogens is 272 g/mol. The topological polar surface area (TPSA) is 65.0 Å². The molecule has 0 amide bonds. The molecule has 0 aliphatic rings. The molecule has 1 aromatic carbocycles. The summed E-state index contributed by atoms with van der Waals surface area (Å²) in [6, 6.07) is 5.34. The maximum absolute atomic E-state index is 10.6. The van der Waals surface area contributed by atoms with E-state index in [2.05, 4.69) is 0 Å². The van der Waals surface area contributed by atoms with Crippen LogP contribution in [-0.2, 0) is 9.53 Å². The first kappa shape index (κ1) is 17.0. The summed E-state index contributed by atoms with van der Waals surface area (Å²) >= 11 is 0. The molecule has 21 heavy (non-hydrogen) atoms. The van der Waals surface area contributed by atoms with Crippen molar-refractivity contribution in [2.75, 3.05) is 26.4 Å². The quantitative estimate of drug-likeness (QED) is 0.531. The lowest BCUT2D eigenvalue weighted by Crippen LogP contribution is -2.07. The van der Waals surface area contributed by atoms with E-state index >= 15 is 0 Å². The molecule has 0 saturated heterocycles. The van der Waals surface area contributed by atoms with E-state index in [9.17, 15) is 4.79 Å². The summed E-state index contributed by atoms with van der Waals surface area (Å²) in [6.45, 7) is 6.10. The van der Waals surface area contributed by atoms with Gasteiger partial charge in [-0.25, -0.2) is 4.79 Å². The molecule has 0 unspecified atom stereocenters. The second-order valence-electron chi connectivity index (χ2n) is 4.27. The molecule has 5 heteroatoms. The zero-order valence-corrected chi connectivity index (χ0v) is 12.5. The molecule has 116 valence electrons. The van der Waals surface area contributed by atoms with E-state index < -0.39 is 5.97 Å². The third kappa shape index (κ3) is 6.81. The van der Waals surface area contributed by atoms with Crippen LogP contribution in [0.1, 0.15) is 25.8 Å². The van der Waals surface area contributed by atoms with Gasteiger partial charge < -0.3 is 19.3 Å². The third-order valence-corrected chi connectivity index (χ3v) is 2.55. The van der Waals surface area contributed by atoms with Crippen LogP contribution >= 0.6 is 0 Å². The van der Waals surface area contributed by atoms with Crippen LogP contribution in [0.4, 0.5) is 0 Å². The highest BCUT2D eigenvalue weighted by Crippen LogP contribution is 2.26. The minimum Gasteiger partial charge on any atom is -0.493 e. The van der Waals surface area contributed by atoms with Crippen molar-refractivity contribution in [1.29, 1.82) is 0 Å². The number of hydrogen-bond acceptors (Lipinski definition) is 4. The van der Waals surface area contributed by atoms with E-state index in [0.29, 0.717) is 43.5 Å². The molecule has 1 N–H and O–H groups in total. The summed E-state index contributed by atoms with van der Waals surface area (Å²) in [6.07, 6.45) is 3.50. The summed E-state index contributed by atoms with van der Waals surface area (Å²) < 4.78 is 16.4. The molecule has 0 aromatic heterocycles. The Labute approximate surface area is 125 Å². The van der Waals surface area contributed by atoms with Gasteiger partial charge >= 0.3 is 5.97 Å². The number of rotatable bonds is 10. The predicted molar refractivity (Wildman–Crippen MR) is 80.9 cm³/mol. The van der Waals surface area contributed by atoms with Crippen LogP contribution in [0.25, 0.3) is 6.08 Å². The zero-order valence-electron chi connectivity index (χ0n) is 12.5. The summed E-state index contributed by atoms with van der Waals surface area (Å²) in [7, 11) is 0. The Bertz CT molecular complexity index is 468. The molecular formula is C16H22O5. The van der Waals surface area contributed by atoms with Gasteiger partial charge in [-0.1, -0.05) is 6.92 Å². The maximum Gasteiger partial charge on any atom is 0.328 e. The fraction of sp³-hybridized carbons (Fsp3) is 0.438. The van der Waals surface area contributed by atoms with Gasteiger partial charge in [0.2, 0.25) is 0 Å². The van der Waals surface area contributed by atoms with E-state index in [1.54, 1.807) is 18.2 Å². The predicted octanol–water partition coefficient (Wildman–Crippen LogP) is 2.99. The number of aliphatic carboxylic acids is 1. The summed E-state index contributed by atoms with van der Waals surface area (Å²) in [5, 5.41) is 8.71. The molecule has 1 aromatic rings. The van der Waals surface area contributed by atoms with Crippen LogP contribution in [-0.4, -0.2) is 37.5 Å². The lowest BCUT2D eigenvalue weighted by atomic mass is 10.1. The van der Waals surface area contributed by atoms with Crippen molar-refractivity contribution >= 4 is 12.0 Å². The molecule has 0 heterocycles. The average molecular weight is 294 g/mol. The van der Waals surface area contributed by atoms with Gasteiger partial charge in [-0.2, -0.15) is 0 Å². The first-order valence-electron chi connectivity index (χ1n) is 7.05. The van der Waals surface area contributed by atoms with Crippen molar-refractivity contribution in [2.45, 2.75) is 20.3 Å². The van der Waals surface area contributed by atoms with Gasteiger partial charge in [0.15, 0.2) is 0 Å². The molecule has 0 spiro atoms. The van der Waals surface area contributed by atoms with Gasteiger partial charge in [-0.05, 0) is 31.6 Å². The summed E-state index contributed by atoms with van der Waals surface area (Å²) in [4.78, 5) is 10.6. The molecule has 0 aliphatic heterocycles. The molecule has 5 nitrogen and oxygen atoms in total. The first-order chi connectivity index (χ1) is 10.2. The first-order valence-corrected chi connectivity index (χ1v) is 7.05. The Balaban J connectivity index is 2.81. The van der Waals surface area contributed by atoms with Gasteiger partial charge in [0.05, 0.1) is 13.2 Å². The highest BCUT2D eigenvalue weighted by molar-refractivity contribution is 5.86. The maximum atomic E-state index is 10.6. The monoisotopic (exact) mass is 294 g/mol. The Kier molecular flexibility index (Phi) is 7.97. The highest BCUT2D eigenvalue weighted by atomic mass is 16.5. The van der Waals surface area contributed by atoms with Crippen LogP contribution in [0.5, 0.6) is 11.5 Å². The second kappa shape index (κ2) is 9.83. The van der Waals surface area contributed by atoms with Crippen molar-refractivity contribution in [1.82, 2.24) is 0 Å². The number of benzene rings is 1. The van der Waals surface area contributed by atoms with Crippen LogP contribution in [0.3, 0.4) is 0 Å². The van der Waals surface area contributed by atoms with E-state index in [0.717, 1.165) is 12.5 Å². The molecule has 0 saturated carbocycles. The number of carboxylic acids is 1. The smallest absolute Gasteiger partial charge is 0.328 e. The van der Waals surface area contributed by atoms with Crippen LogP contribution in [0.2, 0.25) is 0 Å². The third-order valence-electron chi connectivity index (χ3n) is 2.55. The van der Waals surface area contributed by atoms with E-state index in [-0.39, 0.29) is 0 Å². The van der Waals surface area contributed by atoms with Gasteiger partial charge in [0, 0.05) is 24.3 Å². The molecule has 1 rings (SSSR count). The van der Waals surface area contributed by atoms with Gasteiger partial charge in [-0.3, -0.25) is 0 Å². The van der Waals surface area contributed by atoms with Crippen molar-refractivity contribution in [2.24, 2.45) is 0 Å². The van der Waals surface area contributed by atoms with Gasteiger partial charge in [-0.15, -0.1) is 0 Å². The SMILES string of the molecule is CCCOc1ccc(/C=C/C(=O)O)c(OCCOCC)c1. The van der Waals surface area contributed by atoms with E-state index in [1.165, 1.54) is 6.08 Å². The fourth-order valence-electron chi connectivity index (χ4n) is 1.60. The van der Waals surface area contributed by atoms with Gasteiger partial charge in [0.1, 0.15) is 18.1 Å².